The summed E-state index contributed by atoms with van der Waals surface area (Å²) in [6.07, 6.45) is 0.722. The van der Waals surface area contributed by atoms with E-state index in [-0.39, 0.29) is 12.2 Å². The van der Waals surface area contributed by atoms with Gasteiger partial charge in [-0.05, 0) is 25.0 Å². The average Bonchev–Trinajstić information content (AvgIpc) is 2.29. The topological polar surface area (TPSA) is 77.4 Å². The van der Waals surface area contributed by atoms with Crippen LogP contribution in [-0.2, 0) is 32.7 Å². The highest BCUT2D eigenvalue weighted by Crippen LogP contribution is 2.12. The summed E-state index contributed by atoms with van der Waals surface area (Å²) in [4.78, 5) is 9.17. The minimum absolute atomic E-state index is 0.250. The Kier molecular flexibility index (Phi) is 6.81. The van der Waals surface area contributed by atoms with Crippen molar-refractivity contribution >= 4 is 0 Å². The summed E-state index contributed by atoms with van der Waals surface area (Å²) in [5.74, 6) is 0. The quantitative estimate of drug-likeness (QED) is 0.550. The average molecular weight is 258 g/mol. The molecule has 0 saturated carbocycles. The first kappa shape index (κ1) is 15.0. The van der Waals surface area contributed by atoms with Crippen LogP contribution in [0.1, 0.15) is 25.0 Å². The molecule has 0 aliphatic heterocycles. The summed E-state index contributed by atoms with van der Waals surface area (Å²) in [6, 6.07) is 7.82. The van der Waals surface area contributed by atoms with Gasteiger partial charge in [0.2, 0.25) is 0 Å². The monoisotopic (exact) mass is 258 g/mol. The summed E-state index contributed by atoms with van der Waals surface area (Å²) in [7, 11) is 0. The van der Waals surface area contributed by atoms with Gasteiger partial charge in [0.15, 0.2) is 0 Å². The Morgan fingerprint density at radius 2 is 1.39 bits per heavy atom. The number of hydrogen-bond donors (Lipinski definition) is 2. The van der Waals surface area contributed by atoms with Gasteiger partial charge in [-0.15, -0.1) is 0 Å². The Hall–Kier alpha value is -1.02. The number of benzene rings is 1. The van der Waals surface area contributed by atoms with Gasteiger partial charge in [-0.1, -0.05) is 34.3 Å². The van der Waals surface area contributed by atoms with Crippen molar-refractivity contribution in [1.29, 1.82) is 0 Å². The van der Waals surface area contributed by atoms with Crippen molar-refractivity contribution in [2.24, 2.45) is 0 Å². The molecule has 0 radical (unpaired) electrons. The molecule has 2 unspecified atom stereocenters. The van der Waals surface area contributed by atoms with Gasteiger partial charge >= 0.3 is 0 Å². The van der Waals surface area contributed by atoms with Crippen LogP contribution in [0.15, 0.2) is 24.3 Å². The summed E-state index contributed by atoms with van der Waals surface area (Å²) in [5, 5.41) is 23.6. The Morgan fingerprint density at radius 1 is 0.944 bits per heavy atom. The highest BCUT2D eigenvalue weighted by molar-refractivity contribution is 5.24. The molecule has 18 heavy (non-hydrogen) atoms. The van der Waals surface area contributed by atoms with E-state index in [4.69, 9.17) is 10.5 Å². The second-order valence-corrected chi connectivity index (χ2v) is 4.19. The zero-order chi connectivity index (χ0) is 13.4. The molecule has 0 amide bonds. The third-order valence-electron chi connectivity index (χ3n) is 2.45. The smallest absolute Gasteiger partial charge is 0.0973 e. The molecule has 0 fully saturated rings. The highest BCUT2D eigenvalue weighted by atomic mass is 17.5. The second kappa shape index (κ2) is 8.15. The van der Waals surface area contributed by atoms with E-state index in [2.05, 4.69) is 19.9 Å². The van der Waals surface area contributed by atoms with Gasteiger partial charge < -0.3 is 0 Å². The molecule has 0 bridgehead atoms. The lowest BCUT2D eigenvalue weighted by atomic mass is 10.0. The molecule has 2 N–H and O–H groups in total. The summed E-state index contributed by atoms with van der Waals surface area (Å²) in [5.41, 5.74) is 2.10. The van der Waals surface area contributed by atoms with Crippen molar-refractivity contribution in [1.82, 2.24) is 0 Å². The minimum atomic E-state index is -0.250. The van der Waals surface area contributed by atoms with Crippen LogP contribution < -0.4 is 0 Å². The van der Waals surface area contributed by atoms with Gasteiger partial charge in [-0.25, -0.2) is 20.3 Å². The molecule has 6 heteroatoms. The van der Waals surface area contributed by atoms with Crippen molar-refractivity contribution in [3.63, 3.8) is 0 Å². The van der Waals surface area contributed by atoms with E-state index in [1.165, 1.54) is 0 Å². The fourth-order valence-corrected chi connectivity index (χ4v) is 1.76. The van der Waals surface area contributed by atoms with Crippen LogP contribution in [0.5, 0.6) is 0 Å². The fourth-order valence-electron chi connectivity index (χ4n) is 1.76. The molecule has 1 aromatic carbocycles. The van der Waals surface area contributed by atoms with Crippen LogP contribution in [0.2, 0.25) is 0 Å². The number of rotatable bonds is 8. The Labute approximate surface area is 105 Å². The van der Waals surface area contributed by atoms with Gasteiger partial charge in [0.25, 0.3) is 0 Å². The molecule has 0 aromatic heterocycles. The van der Waals surface area contributed by atoms with Crippen molar-refractivity contribution in [2.45, 2.75) is 38.9 Å². The molecule has 6 nitrogen and oxygen atoms in total. The van der Waals surface area contributed by atoms with Crippen molar-refractivity contribution < 1.29 is 30.4 Å². The zero-order valence-corrected chi connectivity index (χ0v) is 10.4. The molecule has 102 valence electrons. The van der Waals surface area contributed by atoms with Gasteiger partial charge in [0.05, 0.1) is 12.2 Å². The van der Waals surface area contributed by atoms with E-state index in [0.29, 0.717) is 12.8 Å². The molecular formula is C12H18O6. The molecule has 0 heterocycles. The molecule has 0 aliphatic rings. The van der Waals surface area contributed by atoms with Crippen LogP contribution in [-0.4, -0.2) is 22.7 Å². The fraction of sp³-hybridized carbons (Fsp3) is 0.500. The molecule has 1 rings (SSSR count). The predicted molar refractivity (Wildman–Crippen MR) is 62.4 cm³/mol. The Bertz CT molecular complexity index is 314. The van der Waals surface area contributed by atoms with E-state index in [1.807, 2.05) is 24.3 Å². The Balaban J connectivity index is 2.56. The van der Waals surface area contributed by atoms with E-state index >= 15 is 0 Å². The largest absolute Gasteiger partial charge is 0.221 e. The summed E-state index contributed by atoms with van der Waals surface area (Å²) >= 11 is 0. The van der Waals surface area contributed by atoms with E-state index < -0.39 is 0 Å². The molecule has 0 aliphatic carbocycles. The molecule has 0 spiro atoms. The van der Waals surface area contributed by atoms with Gasteiger partial charge in [0.1, 0.15) is 0 Å². The maximum atomic E-state index is 8.17. The van der Waals surface area contributed by atoms with Gasteiger partial charge in [0, 0.05) is 12.8 Å². The normalized spacial score (nSPS) is 14.4. The first-order chi connectivity index (χ1) is 8.65. The summed E-state index contributed by atoms with van der Waals surface area (Å²) in [6.45, 7) is 3.57. The molecular weight excluding hydrogens is 240 g/mol. The van der Waals surface area contributed by atoms with Gasteiger partial charge in [-0.3, -0.25) is 0 Å². The first-order valence-electron chi connectivity index (χ1n) is 5.67. The molecule has 2 atom stereocenters. The summed E-state index contributed by atoms with van der Waals surface area (Å²) < 4.78 is 0. The zero-order valence-electron chi connectivity index (χ0n) is 10.4. The lowest BCUT2D eigenvalue weighted by molar-refractivity contribution is -0.504. The van der Waals surface area contributed by atoms with Crippen LogP contribution in [0.4, 0.5) is 0 Å². The lowest BCUT2D eigenvalue weighted by Crippen LogP contribution is -2.13. The van der Waals surface area contributed by atoms with Crippen LogP contribution in [0.25, 0.3) is 0 Å². The van der Waals surface area contributed by atoms with Crippen LogP contribution in [0, 0.1) is 0 Å². The standard InChI is InChI=1S/C12H18O6/c1-9(15-17-13)6-11-4-3-5-12(8-11)7-10(2)16-18-14/h3-5,8-10,13-14H,6-7H2,1-2H3. The lowest BCUT2D eigenvalue weighted by Gasteiger charge is -2.12. The van der Waals surface area contributed by atoms with E-state index in [1.54, 1.807) is 13.8 Å². The predicted octanol–water partition coefficient (Wildman–Crippen LogP) is 2.39. The third kappa shape index (κ3) is 5.54. The SMILES string of the molecule is CC(Cc1cccc(CC(C)OOO)c1)OOO. The minimum Gasteiger partial charge on any atom is -0.221 e. The first-order valence-corrected chi connectivity index (χ1v) is 5.67. The maximum absolute atomic E-state index is 8.17. The second-order valence-electron chi connectivity index (χ2n) is 4.19. The van der Waals surface area contributed by atoms with Crippen LogP contribution >= 0.6 is 0 Å². The number of hydrogen-bond acceptors (Lipinski definition) is 6. The van der Waals surface area contributed by atoms with E-state index in [0.717, 1.165) is 11.1 Å². The van der Waals surface area contributed by atoms with Crippen LogP contribution in [0.3, 0.4) is 0 Å². The molecule has 1 aromatic rings. The third-order valence-corrected chi connectivity index (χ3v) is 2.45. The van der Waals surface area contributed by atoms with Crippen molar-refractivity contribution in [2.75, 3.05) is 0 Å². The molecule has 0 saturated heterocycles. The maximum Gasteiger partial charge on any atom is 0.0973 e. The van der Waals surface area contributed by atoms with Gasteiger partial charge in [-0.2, -0.15) is 0 Å². The van der Waals surface area contributed by atoms with Crippen molar-refractivity contribution in [3.05, 3.63) is 35.4 Å². The Morgan fingerprint density at radius 3 is 1.78 bits per heavy atom. The van der Waals surface area contributed by atoms with Crippen molar-refractivity contribution in [3.8, 4) is 0 Å². The highest BCUT2D eigenvalue weighted by Gasteiger charge is 2.08. The van der Waals surface area contributed by atoms with E-state index in [9.17, 15) is 0 Å².